The molecular formula is C21H22ClFN2O2. The lowest BCUT2D eigenvalue weighted by Gasteiger charge is -2.45. The first-order chi connectivity index (χ1) is 13.0. The molecule has 1 heterocycles. The number of hydrogen-bond donors (Lipinski definition) is 0. The Hall–Kier alpha value is -2.33. The Morgan fingerprint density at radius 1 is 1.15 bits per heavy atom. The predicted octanol–water partition coefficient (Wildman–Crippen LogP) is 4.13. The minimum absolute atomic E-state index is 0.0940. The molecule has 6 heteroatoms. The van der Waals surface area contributed by atoms with E-state index < -0.39 is 0 Å². The molecule has 142 valence electrons. The molecule has 0 amide bonds. The van der Waals surface area contributed by atoms with Crippen molar-refractivity contribution in [3.63, 3.8) is 0 Å². The van der Waals surface area contributed by atoms with Crippen LogP contribution in [0.2, 0.25) is 5.02 Å². The van der Waals surface area contributed by atoms with E-state index in [-0.39, 0.29) is 17.9 Å². The van der Waals surface area contributed by atoms with Crippen molar-refractivity contribution in [2.45, 2.75) is 32.5 Å². The van der Waals surface area contributed by atoms with Crippen molar-refractivity contribution in [3.8, 4) is 5.75 Å². The Labute approximate surface area is 163 Å². The summed E-state index contributed by atoms with van der Waals surface area (Å²) in [6.07, 6.45) is 0. The van der Waals surface area contributed by atoms with E-state index in [0.29, 0.717) is 24.0 Å². The maximum absolute atomic E-state index is 13.1. The average Bonchev–Trinajstić information content (AvgIpc) is 2.66. The molecule has 2 aromatic rings. The Bertz CT molecular complexity index is 819. The zero-order chi connectivity index (χ0) is 19.4. The predicted molar refractivity (Wildman–Crippen MR) is 104 cm³/mol. The Morgan fingerprint density at radius 3 is 2.44 bits per heavy atom. The molecule has 4 nitrogen and oxygen atoms in total. The maximum Gasteiger partial charge on any atom is 0.147 e. The topological polar surface area (TPSA) is 32.8 Å². The summed E-state index contributed by atoms with van der Waals surface area (Å²) < 4.78 is 19.0. The van der Waals surface area contributed by atoms with Crippen LogP contribution in [0.4, 0.5) is 4.39 Å². The van der Waals surface area contributed by atoms with Crippen LogP contribution in [-0.2, 0) is 11.3 Å². The summed E-state index contributed by atoms with van der Waals surface area (Å²) in [4.78, 5) is 15.8. The standard InChI is InChI=1S/C21H22ClFN2O2/c1-15-11-24(14-27-20-9-5-18(22)6-10-20)16(2)21(13-26)25(15)12-17-3-7-19(23)8-4-17/h3-10,15-16H,11-12,14H2,1-2H3/t15-,16+/m0/s1. The highest BCUT2D eigenvalue weighted by atomic mass is 35.5. The molecule has 0 unspecified atom stereocenters. The quantitative estimate of drug-likeness (QED) is 0.721. The number of halogens is 2. The molecule has 0 radical (unpaired) electrons. The number of carbonyl (C=O) groups excluding carboxylic acids is 1. The number of rotatable bonds is 5. The maximum atomic E-state index is 13.1. The fraction of sp³-hybridized carbons (Fsp3) is 0.333. The van der Waals surface area contributed by atoms with Gasteiger partial charge in [0, 0.05) is 24.2 Å². The van der Waals surface area contributed by atoms with Crippen LogP contribution in [0.15, 0.2) is 54.2 Å². The molecule has 2 aromatic carbocycles. The molecule has 1 aliphatic heterocycles. The van der Waals surface area contributed by atoms with Gasteiger partial charge in [0.05, 0.1) is 6.04 Å². The second-order valence-electron chi connectivity index (χ2n) is 6.77. The van der Waals surface area contributed by atoms with Gasteiger partial charge in [-0.3, -0.25) is 4.90 Å². The molecule has 27 heavy (non-hydrogen) atoms. The highest BCUT2D eigenvalue weighted by Gasteiger charge is 2.34. The zero-order valence-corrected chi connectivity index (χ0v) is 16.1. The monoisotopic (exact) mass is 388 g/mol. The summed E-state index contributed by atoms with van der Waals surface area (Å²) in [7, 11) is 0. The lowest BCUT2D eigenvalue weighted by atomic mass is 10.0. The van der Waals surface area contributed by atoms with Gasteiger partial charge in [0.25, 0.3) is 0 Å². The van der Waals surface area contributed by atoms with Crippen LogP contribution >= 0.6 is 11.6 Å². The second kappa shape index (κ2) is 8.57. The summed E-state index contributed by atoms with van der Waals surface area (Å²) in [5.41, 5.74) is 1.53. The summed E-state index contributed by atoms with van der Waals surface area (Å²) in [5.74, 6) is 2.56. The SMILES string of the molecule is C[C@@H]1C(=C=O)N(Cc2ccc(F)cc2)[C@@H](C)CN1COc1ccc(Cl)cc1. The summed E-state index contributed by atoms with van der Waals surface area (Å²) in [6.45, 7) is 5.67. The molecule has 2 atom stereocenters. The van der Waals surface area contributed by atoms with Gasteiger partial charge in [-0.15, -0.1) is 0 Å². The first-order valence-corrected chi connectivity index (χ1v) is 9.24. The van der Waals surface area contributed by atoms with E-state index in [4.69, 9.17) is 16.3 Å². The van der Waals surface area contributed by atoms with Crippen LogP contribution in [0.3, 0.4) is 0 Å². The minimum atomic E-state index is -0.268. The Kier molecular flexibility index (Phi) is 6.17. The number of hydrogen-bond acceptors (Lipinski definition) is 4. The number of benzene rings is 2. The van der Waals surface area contributed by atoms with E-state index in [0.717, 1.165) is 17.9 Å². The highest BCUT2D eigenvalue weighted by Crippen LogP contribution is 2.26. The van der Waals surface area contributed by atoms with Crippen molar-refractivity contribution in [3.05, 3.63) is 70.6 Å². The van der Waals surface area contributed by atoms with Crippen molar-refractivity contribution in [2.24, 2.45) is 0 Å². The van der Waals surface area contributed by atoms with Crippen LogP contribution in [0.5, 0.6) is 5.75 Å². The van der Waals surface area contributed by atoms with Gasteiger partial charge in [0.2, 0.25) is 0 Å². The van der Waals surface area contributed by atoms with Gasteiger partial charge in [0.15, 0.2) is 0 Å². The second-order valence-corrected chi connectivity index (χ2v) is 7.20. The lowest BCUT2D eigenvalue weighted by molar-refractivity contribution is 0.0286. The zero-order valence-electron chi connectivity index (χ0n) is 15.4. The molecule has 1 aliphatic rings. The van der Waals surface area contributed by atoms with E-state index >= 15 is 0 Å². The van der Waals surface area contributed by atoms with Crippen molar-refractivity contribution in [1.82, 2.24) is 9.80 Å². The van der Waals surface area contributed by atoms with Crippen LogP contribution < -0.4 is 4.74 Å². The third-order valence-electron chi connectivity index (χ3n) is 4.87. The first kappa shape index (κ1) is 19.4. The summed E-state index contributed by atoms with van der Waals surface area (Å²) >= 11 is 5.89. The number of piperazine rings is 1. The van der Waals surface area contributed by atoms with E-state index in [1.165, 1.54) is 12.1 Å². The molecule has 0 spiro atoms. The van der Waals surface area contributed by atoms with Crippen molar-refractivity contribution >= 4 is 17.5 Å². The molecular weight excluding hydrogens is 367 g/mol. The fourth-order valence-electron chi connectivity index (χ4n) is 3.27. The van der Waals surface area contributed by atoms with Gasteiger partial charge in [-0.2, -0.15) is 0 Å². The van der Waals surface area contributed by atoms with Crippen molar-refractivity contribution in [2.75, 3.05) is 13.3 Å². The highest BCUT2D eigenvalue weighted by molar-refractivity contribution is 6.30. The summed E-state index contributed by atoms with van der Waals surface area (Å²) in [6, 6.07) is 13.5. The van der Waals surface area contributed by atoms with Gasteiger partial charge in [0.1, 0.15) is 29.9 Å². The smallest absolute Gasteiger partial charge is 0.147 e. The van der Waals surface area contributed by atoms with Gasteiger partial charge >= 0.3 is 0 Å². The van der Waals surface area contributed by atoms with Gasteiger partial charge < -0.3 is 9.64 Å². The summed E-state index contributed by atoms with van der Waals surface area (Å²) in [5, 5.41) is 0.657. The number of ether oxygens (including phenoxy) is 1. The molecule has 1 saturated heterocycles. The van der Waals surface area contributed by atoms with E-state index in [9.17, 15) is 9.18 Å². The Morgan fingerprint density at radius 2 is 1.81 bits per heavy atom. The minimum Gasteiger partial charge on any atom is -0.478 e. The van der Waals surface area contributed by atoms with Crippen molar-refractivity contribution < 1.29 is 13.9 Å². The molecule has 0 saturated carbocycles. The average molecular weight is 389 g/mol. The molecule has 0 N–H and O–H groups in total. The van der Waals surface area contributed by atoms with Gasteiger partial charge in [-0.05, 0) is 55.8 Å². The van der Waals surface area contributed by atoms with E-state index in [1.54, 1.807) is 24.3 Å². The molecule has 0 aliphatic carbocycles. The third-order valence-corrected chi connectivity index (χ3v) is 5.12. The van der Waals surface area contributed by atoms with Crippen LogP contribution in [0, 0.1) is 5.82 Å². The van der Waals surface area contributed by atoms with Gasteiger partial charge in [-0.1, -0.05) is 23.7 Å². The Balaban J connectivity index is 1.68. The van der Waals surface area contributed by atoms with E-state index in [2.05, 4.69) is 17.8 Å². The first-order valence-electron chi connectivity index (χ1n) is 8.86. The van der Waals surface area contributed by atoms with Crippen molar-refractivity contribution in [1.29, 1.82) is 0 Å². The van der Waals surface area contributed by atoms with Gasteiger partial charge in [-0.25, -0.2) is 9.18 Å². The number of nitrogens with zero attached hydrogens (tertiary/aromatic N) is 2. The molecule has 3 rings (SSSR count). The van der Waals surface area contributed by atoms with E-state index in [1.807, 2.05) is 24.0 Å². The molecule has 0 bridgehead atoms. The van der Waals surface area contributed by atoms with Crippen LogP contribution in [0.1, 0.15) is 19.4 Å². The molecule has 0 aromatic heterocycles. The third kappa shape index (κ3) is 4.69. The largest absolute Gasteiger partial charge is 0.478 e. The van der Waals surface area contributed by atoms with Crippen LogP contribution in [0.25, 0.3) is 0 Å². The normalized spacial score (nSPS) is 20.4. The fourth-order valence-corrected chi connectivity index (χ4v) is 3.40. The lowest BCUT2D eigenvalue weighted by Crippen LogP contribution is -2.55. The molecule has 1 fully saturated rings. The van der Waals surface area contributed by atoms with Crippen LogP contribution in [-0.4, -0.2) is 41.1 Å².